The molecule has 0 spiro atoms. The lowest BCUT2D eigenvalue weighted by molar-refractivity contribution is -0.141. The van der Waals surface area contributed by atoms with Crippen molar-refractivity contribution in [1.82, 2.24) is 5.32 Å². The van der Waals surface area contributed by atoms with Gasteiger partial charge in [-0.2, -0.15) is 0 Å². The minimum absolute atomic E-state index is 0.261. The largest absolute Gasteiger partial charge is 0.429 e. The molecule has 0 bridgehead atoms. The summed E-state index contributed by atoms with van der Waals surface area (Å²) in [6.45, 7) is 1.99. The Labute approximate surface area is 135 Å². The first kappa shape index (κ1) is 15.3. The van der Waals surface area contributed by atoms with Gasteiger partial charge in [-0.1, -0.05) is 55.8 Å². The van der Waals surface area contributed by atoms with E-state index in [-0.39, 0.29) is 17.8 Å². The van der Waals surface area contributed by atoms with Crippen LogP contribution in [-0.4, -0.2) is 17.4 Å². The zero-order valence-corrected chi connectivity index (χ0v) is 13.0. The smallest absolute Gasteiger partial charge is 0.338 e. The van der Waals surface area contributed by atoms with Gasteiger partial charge in [-0.3, -0.25) is 4.79 Å². The van der Waals surface area contributed by atoms with Crippen molar-refractivity contribution in [2.45, 2.75) is 25.3 Å². The number of allylic oxidation sites excluding steroid dienone is 4. The monoisotopic (exact) mass is 309 g/mol. The SMILES string of the molecule is CCC[C@@]1(NC(=O)c2ccccc2)C(=O)OC2=CC=CC=C[C@H]21. The lowest BCUT2D eigenvalue weighted by atomic mass is 9.80. The van der Waals surface area contributed by atoms with Gasteiger partial charge in [0.1, 0.15) is 5.76 Å². The molecule has 3 rings (SSSR count). The molecule has 4 nitrogen and oxygen atoms in total. The molecular weight excluding hydrogens is 290 g/mol. The Hall–Kier alpha value is -2.62. The predicted octanol–water partition coefficient (Wildman–Crippen LogP) is 3.14. The maximum atomic E-state index is 12.6. The normalized spacial score (nSPS) is 25.3. The summed E-state index contributed by atoms with van der Waals surface area (Å²) >= 11 is 0. The van der Waals surface area contributed by atoms with Gasteiger partial charge in [0.2, 0.25) is 0 Å². The average molecular weight is 309 g/mol. The van der Waals surface area contributed by atoms with Crippen molar-refractivity contribution in [1.29, 1.82) is 0 Å². The van der Waals surface area contributed by atoms with Gasteiger partial charge in [0.25, 0.3) is 5.91 Å². The van der Waals surface area contributed by atoms with E-state index in [1.807, 2.05) is 37.3 Å². The fourth-order valence-electron chi connectivity index (χ4n) is 3.13. The van der Waals surface area contributed by atoms with Crippen LogP contribution in [0.25, 0.3) is 0 Å². The molecule has 2 aliphatic rings. The van der Waals surface area contributed by atoms with Gasteiger partial charge in [-0.25, -0.2) is 4.79 Å². The predicted molar refractivity (Wildman–Crippen MR) is 87.5 cm³/mol. The first-order chi connectivity index (χ1) is 11.2. The van der Waals surface area contributed by atoms with Crippen molar-refractivity contribution >= 4 is 11.9 Å². The van der Waals surface area contributed by atoms with Crippen LogP contribution in [0.1, 0.15) is 30.1 Å². The number of esters is 1. The van der Waals surface area contributed by atoms with E-state index in [9.17, 15) is 9.59 Å². The van der Waals surface area contributed by atoms with Crippen LogP contribution in [0.5, 0.6) is 0 Å². The van der Waals surface area contributed by atoms with Crippen LogP contribution in [-0.2, 0) is 9.53 Å². The van der Waals surface area contributed by atoms with E-state index in [2.05, 4.69) is 5.32 Å². The van der Waals surface area contributed by atoms with Gasteiger partial charge in [0.15, 0.2) is 5.54 Å². The molecule has 118 valence electrons. The van der Waals surface area contributed by atoms with Crippen molar-refractivity contribution < 1.29 is 14.3 Å². The number of carbonyl (C=O) groups is 2. The molecule has 1 aliphatic heterocycles. The molecule has 1 fully saturated rings. The molecule has 1 heterocycles. The van der Waals surface area contributed by atoms with Gasteiger partial charge in [0, 0.05) is 5.56 Å². The van der Waals surface area contributed by atoms with Crippen LogP contribution in [0, 0.1) is 5.92 Å². The van der Waals surface area contributed by atoms with Gasteiger partial charge in [0.05, 0.1) is 5.92 Å². The van der Waals surface area contributed by atoms with Crippen LogP contribution in [0.3, 0.4) is 0 Å². The molecule has 23 heavy (non-hydrogen) atoms. The maximum Gasteiger partial charge on any atom is 0.338 e. The second-order valence-corrected chi connectivity index (χ2v) is 5.75. The third-order valence-corrected chi connectivity index (χ3v) is 4.22. The highest BCUT2D eigenvalue weighted by Crippen LogP contribution is 2.40. The first-order valence-electron chi connectivity index (χ1n) is 7.82. The fraction of sp³-hybridized carbons (Fsp3) is 0.263. The second kappa shape index (κ2) is 6.24. The average Bonchev–Trinajstić information content (AvgIpc) is 2.72. The van der Waals surface area contributed by atoms with Gasteiger partial charge in [-0.15, -0.1) is 0 Å². The van der Waals surface area contributed by atoms with Gasteiger partial charge >= 0.3 is 5.97 Å². The van der Waals surface area contributed by atoms with Crippen LogP contribution in [0.4, 0.5) is 0 Å². The molecule has 4 heteroatoms. The summed E-state index contributed by atoms with van der Waals surface area (Å²) in [6, 6.07) is 8.92. The van der Waals surface area contributed by atoms with Crippen molar-refractivity contribution in [3.63, 3.8) is 0 Å². The lowest BCUT2D eigenvalue weighted by Crippen LogP contribution is -2.55. The minimum atomic E-state index is -1.05. The topological polar surface area (TPSA) is 55.4 Å². The van der Waals surface area contributed by atoms with E-state index in [0.717, 1.165) is 6.42 Å². The summed E-state index contributed by atoms with van der Waals surface area (Å²) in [7, 11) is 0. The van der Waals surface area contributed by atoms with Crippen molar-refractivity contribution in [2.24, 2.45) is 5.92 Å². The number of hydrogen-bond acceptors (Lipinski definition) is 3. The molecule has 1 amide bonds. The molecule has 1 aromatic rings. The summed E-state index contributed by atoms with van der Waals surface area (Å²) in [5.41, 5.74) is -0.514. The van der Waals surface area contributed by atoms with E-state index in [1.165, 1.54) is 0 Å². The number of ether oxygens (including phenoxy) is 1. The molecule has 1 aromatic carbocycles. The van der Waals surface area contributed by atoms with E-state index >= 15 is 0 Å². The summed E-state index contributed by atoms with van der Waals surface area (Å²) < 4.78 is 5.46. The van der Waals surface area contributed by atoms with Gasteiger partial charge in [-0.05, 0) is 24.6 Å². The van der Waals surface area contributed by atoms with E-state index in [1.54, 1.807) is 30.3 Å². The van der Waals surface area contributed by atoms with Crippen molar-refractivity contribution in [2.75, 3.05) is 0 Å². The maximum absolute atomic E-state index is 12.6. The molecular formula is C19H19NO3. The highest BCUT2D eigenvalue weighted by atomic mass is 16.5. The number of nitrogens with one attached hydrogen (secondary N) is 1. The third-order valence-electron chi connectivity index (χ3n) is 4.22. The first-order valence-corrected chi connectivity index (χ1v) is 7.82. The van der Waals surface area contributed by atoms with Crippen molar-refractivity contribution in [3.05, 3.63) is 72.0 Å². The van der Waals surface area contributed by atoms with Crippen LogP contribution >= 0.6 is 0 Å². The molecule has 0 aromatic heterocycles. The number of fused-ring (bicyclic) bond motifs is 1. The third kappa shape index (κ3) is 2.72. The Morgan fingerprint density at radius 2 is 2.00 bits per heavy atom. The standard InChI is InChI=1S/C19H19NO3/c1-2-13-19(20-17(21)14-9-5-3-6-10-14)15-11-7-4-8-12-16(15)23-18(19)22/h3-12,15H,2,13H2,1H3,(H,20,21)/t15-,19+/m1/s1. The molecule has 0 radical (unpaired) electrons. The van der Waals surface area contributed by atoms with Gasteiger partial charge < -0.3 is 10.1 Å². The Kier molecular flexibility index (Phi) is 4.15. The molecule has 1 N–H and O–H groups in total. The lowest BCUT2D eigenvalue weighted by Gasteiger charge is -2.30. The molecule has 1 aliphatic carbocycles. The summed E-state index contributed by atoms with van der Waals surface area (Å²) in [6.07, 6.45) is 10.6. The summed E-state index contributed by atoms with van der Waals surface area (Å²) in [4.78, 5) is 25.2. The number of hydrogen-bond donors (Lipinski definition) is 1. The highest BCUT2D eigenvalue weighted by Gasteiger charge is 2.54. The van der Waals surface area contributed by atoms with E-state index in [4.69, 9.17) is 4.74 Å². The molecule has 2 atom stereocenters. The zero-order chi connectivity index (χ0) is 16.3. The number of rotatable bonds is 4. The molecule has 0 unspecified atom stereocenters. The number of carbonyl (C=O) groups excluding carboxylic acids is 2. The molecule has 1 saturated heterocycles. The Balaban J connectivity index is 1.96. The van der Waals surface area contributed by atoms with Crippen LogP contribution in [0.15, 0.2) is 66.5 Å². The van der Waals surface area contributed by atoms with Crippen LogP contribution in [0.2, 0.25) is 0 Å². The molecule has 0 saturated carbocycles. The van der Waals surface area contributed by atoms with Crippen LogP contribution < -0.4 is 5.32 Å². The summed E-state index contributed by atoms with van der Waals surface area (Å²) in [5.74, 6) is -0.345. The number of amides is 1. The second-order valence-electron chi connectivity index (χ2n) is 5.75. The highest BCUT2D eigenvalue weighted by molar-refractivity contribution is 5.99. The fourth-order valence-corrected chi connectivity index (χ4v) is 3.13. The number of benzene rings is 1. The Bertz CT molecular complexity index is 703. The quantitative estimate of drug-likeness (QED) is 0.869. The minimum Gasteiger partial charge on any atom is -0.429 e. The van der Waals surface area contributed by atoms with E-state index < -0.39 is 5.54 Å². The summed E-state index contributed by atoms with van der Waals surface area (Å²) in [5, 5.41) is 2.95. The Morgan fingerprint density at radius 1 is 1.22 bits per heavy atom. The zero-order valence-electron chi connectivity index (χ0n) is 13.0. The van der Waals surface area contributed by atoms with E-state index in [0.29, 0.717) is 17.7 Å². The van der Waals surface area contributed by atoms with Crippen molar-refractivity contribution in [3.8, 4) is 0 Å². The Morgan fingerprint density at radius 3 is 2.74 bits per heavy atom.